The van der Waals surface area contributed by atoms with Gasteiger partial charge in [-0.05, 0) is 42.0 Å². The third-order valence-corrected chi connectivity index (χ3v) is 3.75. The maximum atomic E-state index is 11.9. The van der Waals surface area contributed by atoms with E-state index in [2.05, 4.69) is 26.5 Å². The number of carbonyl (C=O) groups excluding carboxylic acids is 1. The molecule has 0 radical (unpaired) electrons. The van der Waals surface area contributed by atoms with E-state index in [9.17, 15) is 4.79 Å². The molecule has 0 aliphatic heterocycles. The molecule has 0 fully saturated rings. The van der Waals surface area contributed by atoms with Gasteiger partial charge < -0.3 is 9.47 Å². The zero-order valence-corrected chi connectivity index (χ0v) is 14.8. The standard InChI is InChI=1S/C16H14BrClN2O3/c1-22-14-8-10(7-13(18)15(14)23-2)9-19-20-16(21)11-3-5-12(17)6-4-11/h3-9H,1-2H3,(H,20,21)/b19-9-. The summed E-state index contributed by atoms with van der Waals surface area (Å²) in [6, 6.07) is 10.3. The number of ether oxygens (including phenoxy) is 2. The minimum absolute atomic E-state index is 0.305. The van der Waals surface area contributed by atoms with Crippen LogP contribution in [0.15, 0.2) is 46.0 Å². The molecule has 7 heteroatoms. The van der Waals surface area contributed by atoms with Gasteiger partial charge in [0.05, 0.1) is 25.5 Å². The number of hydrogen-bond donors (Lipinski definition) is 1. The fourth-order valence-electron chi connectivity index (χ4n) is 1.84. The summed E-state index contributed by atoms with van der Waals surface area (Å²) in [7, 11) is 3.03. The number of benzene rings is 2. The van der Waals surface area contributed by atoms with Crippen LogP contribution in [0.25, 0.3) is 0 Å². The first kappa shape index (κ1) is 17.3. The van der Waals surface area contributed by atoms with Gasteiger partial charge in [0.2, 0.25) is 0 Å². The molecule has 0 unspecified atom stereocenters. The second-order valence-corrected chi connectivity index (χ2v) is 5.77. The first-order valence-electron chi connectivity index (χ1n) is 6.55. The summed E-state index contributed by atoms with van der Waals surface area (Å²) >= 11 is 9.42. The van der Waals surface area contributed by atoms with Crippen LogP contribution in [-0.2, 0) is 0 Å². The van der Waals surface area contributed by atoms with Crippen LogP contribution in [0.4, 0.5) is 0 Å². The maximum Gasteiger partial charge on any atom is 0.271 e. The molecule has 0 aliphatic carbocycles. The molecular formula is C16H14BrClN2O3. The van der Waals surface area contributed by atoms with Crippen LogP contribution < -0.4 is 14.9 Å². The van der Waals surface area contributed by atoms with E-state index >= 15 is 0 Å². The number of nitrogens with zero attached hydrogens (tertiary/aromatic N) is 1. The first-order chi connectivity index (χ1) is 11.0. The van der Waals surface area contributed by atoms with Crippen molar-refractivity contribution in [2.75, 3.05) is 14.2 Å². The Morgan fingerprint density at radius 1 is 1.22 bits per heavy atom. The van der Waals surface area contributed by atoms with Gasteiger partial charge in [0, 0.05) is 10.0 Å². The second kappa shape index (κ2) is 7.99. The lowest BCUT2D eigenvalue weighted by atomic mass is 10.2. The molecule has 5 nitrogen and oxygen atoms in total. The normalized spacial score (nSPS) is 10.6. The minimum atomic E-state index is -0.305. The Morgan fingerprint density at radius 2 is 1.91 bits per heavy atom. The molecule has 0 saturated carbocycles. The molecule has 0 atom stereocenters. The molecule has 2 rings (SSSR count). The Kier molecular flexibility index (Phi) is 6.01. The quantitative estimate of drug-likeness (QED) is 0.615. The van der Waals surface area contributed by atoms with E-state index in [4.69, 9.17) is 21.1 Å². The fraction of sp³-hybridized carbons (Fsp3) is 0.125. The largest absolute Gasteiger partial charge is 0.493 e. The van der Waals surface area contributed by atoms with Gasteiger partial charge in [0.15, 0.2) is 11.5 Å². The number of amides is 1. The van der Waals surface area contributed by atoms with Crippen LogP contribution in [0.2, 0.25) is 5.02 Å². The van der Waals surface area contributed by atoms with Gasteiger partial charge in [-0.15, -0.1) is 0 Å². The lowest BCUT2D eigenvalue weighted by Gasteiger charge is -2.09. The van der Waals surface area contributed by atoms with Crippen LogP contribution in [0.1, 0.15) is 15.9 Å². The molecule has 2 aromatic carbocycles. The van der Waals surface area contributed by atoms with Crippen LogP contribution >= 0.6 is 27.5 Å². The van der Waals surface area contributed by atoms with Crippen molar-refractivity contribution < 1.29 is 14.3 Å². The van der Waals surface area contributed by atoms with Crippen LogP contribution in [-0.4, -0.2) is 26.3 Å². The Hall–Kier alpha value is -2.05. The summed E-state index contributed by atoms with van der Waals surface area (Å²) in [5.74, 6) is 0.631. The van der Waals surface area contributed by atoms with Crippen molar-refractivity contribution >= 4 is 39.7 Å². The summed E-state index contributed by atoms with van der Waals surface area (Å²) in [4.78, 5) is 11.9. The number of carbonyl (C=O) groups is 1. The van der Waals surface area contributed by atoms with Crippen molar-refractivity contribution in [1.29, 1.82) is 0 Å². The monoisotopic (exact) mass is 396 g/mol. The summed E-state index contributed by atoms with van der Waals surface area (Å²) < 4.78 is 11.3. The van der Waals surface area contributed by atoms with Crippen LogP contribution in [0.5, 0.6) is 11.5 Å². The third kappa shape index (κ3) is 4.46. The molecule has 120 valence electrons. The van der Waals surface area contributed by atoms with Gasteiger partial charge in [0.25, 0.3) is 5.91 Å². The predicted octanol–water partition coefficient (Wildman–Crippen LogP) is 3.88. The first-order valence-corrected chi connectivity index (χ1v) is 7.72. The molecule has 1 amide bonds. The van der Waals surface area contributed by atoms with E-state index in [1.165, 1.54) is 20.4 Å². The van der Waals surface area contributed by atoms with Gasteiger partial charge in [-0.1, -0.05) is 27.5 Å². The summed E-state index contributed by atoms with van der Waals surface area (Å²) in [6.45, 7) is 0. The van der Waals surface area contributed by atoms with Crippen molar-refractivity contribution in [3.63, 3.8) is 0 Å². The highest BCUT2D eigenvalue weighted by atomic mass is 79.9. The minimum Gasteiger partial charge on any atom is -0.493 e. The van der Waals surface area contributed by atoms with Crippen molar-refractivity contribution in [3.05, 3.63) is 57.0 Å². The highest BCUT2D eigenvalue weighted by Crippen LogP contribution is 2.35. The molecule has 0 aliphatic rings. The van der Waals surface area contributed by atoms with Gasteiger partial charge in [-0.2, -0.15) is 5.10 Å². The van der Waals surface area contributed by atoms with Crippen molar-refractivity contribution in [3.8, 4) is 11.5 Å². The van der Waals surface area contributed by atoms with E-state index in [1.54, 1.807) is 36.4 Å². The molecule has 0 bridgehead atoms. The number of nitrogens with one attached hydrogen (secondary N) is 1. The molecule has 0 aromatic heterocycles. The number of hydrogen-bond acceptors (Lipinski definition) is 4. The number of rotatable bonds is 5. The van der Waals surface area contributed by atoms with Crippen molar-refractivity contribution in [2.24, 2.45) is 5.10 Å². The molecule has 0 heterocycles. The fourth-order valence-corrected chi connectivity index (χ4v) is 2.40. The number of hydrazone groups is 1. The number of methoxy groups -OCH3 is 2. The van der Waals surface area contributed by atoms with Gasteiger partial charge in [-0.25, -0.2) is 5.43 Å². The van der Waals surface area contributed by atoms with E-state index in [0.717, 1.165) is 4.47 Å². The highest BCUT2D eigenvalue weighted by Gasteiger charge is 2.10. The SMILES string of the molecule is COc1cc(/C=N\NC(=O)c2ccc(Br)cc2)cc(Cl)c1OC. The van der Waals surface area contributed by atoms with Gasteiger partial charge in [-0.3, -0.25) is 4.79 Å². The molecular weight excluding hydrogens is 384 g/mol. The van der Waals surface area contributed by atoms with Gasteiger partial charge >= 0.3 is 0 Å². The second-order valence-electron chi connectivity index (χ2n) is 4.44. The summed E-state index contributed by atoms with van der Waals surface area (Å²) in [6.07, 6.45) is 1.48. The Balaban J connectivity index is 2.10. The smallest absolute Gasteiger partial charge is 0.271 e. The molecule has 0 spiro atoms. The topological polar surface area (TPSA) is 59.9 Å². The number of halogens is 2. The molecule has 23 heavy (non-hydrogen) atoms. The van der Waals surface area contributed by atoms with Crippen LogP contribution in [0.3, 0.4) is 0 Å². The van der Waals surface area contributed by atoms with Crippen LogP contribution in [0, 0.1) is 0 Å². The average molecular weight is 398 g/mol. The zero-order valence-electron chi connectivity index (χ0n) is 12.5. The molecule has 1 N–H and O–H groups in total. The Labute approximate surface area is 147 Å². The molecule has 0 saturated heterocycles. The maximum absolute atomic E-state index is 11.9. The van der Waals surface area contributed by atoms with E-state index in [0.29, 0.717) is 27.6 Å². The van der Waals surface area contributed by atoms with E-state index < -0.39 is 0 Å². The molecule has 2 aromatic rings. The van der Waals surface area contributed by atoms with E-state index in [1.807, 2.05) is 0 Å². The van der Waals surface area contributed by atoms with Gasteiger partial charge in [0.1, 0.15) is 0 Å². The Morgan fingerprint density at radius 3 is 2.52 bits per heavy atom. The lowest BCUT2D eigenvalue weighted by Crippen LogP contribution is -2.17. The summed E-state index contributed by atoms with van der Waals surface area (Å²) in [5.41, 5.74) is 3.63. The third-order valence-electron chi connectivity index (χ3n) is 2.94. The zero-order chi connectivity index (χ0) is 16.8. The Bertz CT molecular complexity index is 733. The van der Waals surface area contributed by atoms with Crippen molar-refractivity contribution in [1.82, 2.24) is 5.43 Å². The lowest BCUT2D eigenvalue weighted by molar-refractivity contribution is 0.0955. The highest BCUT2D eigenvalue weighted by molar-refractivity contribution is 9.10. The average Bonchev–Trinajstić information content (AvgIpc) is 2.54. The predicted molar refractivity (Wildman–Crippen MR) is 93.8 cm³/mol. The van der Waals surface area contributed by atoms with Crippen molar-refractivity contribution in [2.45, 2.75) is 0 Å². The summed E-state index contributed by atoms with van der Waals surface area (Å²) in [5, 5.41) is 4.32. The van der Waals surface area contributed by atoms with E-state index in [-0.39, 0.29) is 5.91 Å².